The van der Waals surface area contributed by atoms with Crippen molar-refractivity contribution in [3.63, 3.8) is 0 Å². The van der Waals surface area contributed by atoms with E-state index in [1.165, 1.54) is 25.3 Å². The van der Waals surface area contributed by atoms with E-state index in [0.717, 1.165) is 0 Å². The number of amides is 3. The highest BCUT2D eigenvalue weighted by atomic mass is 35.5. The predicted molar refractivity (Wildman–Crippen MR) is 114 cm³/mol. The standard InChI is InChI=1S/C20H19Cl2N3O6/c1-30-16-7-6-12(21)10-15(16)23-17(26)8-9-19(28)31-11-18(27)24-25-20(29)13-4-2-3-5-14(13)22/h2-7,10H,8-9,11H2,1H3,(H,23,26)(H,24,27)(H,25,29). The Bertz CT molecular complexity index is 983. The van der Waals surface area contributed by atoms with Gasteiger partial charge in [0.2, 0.25) is 5.91 Å². The van der Waals surface area contributed by atoms with Crippen LogP contribution in [0.4, 0.5) is 5.69 Å². The third kappa shape index (κ3) is 7.80. The molecule has 0 aliphatic carbocycles. The van der Waals surface area contributed by atoms with Crippen molar-refractivity contribution >= 4 is 52.6 Å². The number of anilines is 1. The van der Waals surface area contributed by atoms with Gasteiger partial charge in [0, 0.05) is 11.4 Å². The van der Waals surface area contributed by atoms with E-state index in [1.807, 2.05) is 0 Å². The van der Waals surface area contributed by atoms with Gasteiger partial charge >= 0.3 is 5.97 Å². The Morgan fingerprint density at radius 2 is 1.68 bits per heavy atom. The van der Waals surface area contributed by atoms with Crippen molar-refractivity contribution in [1.29, 1.82) is 0 Å². The normalized spacial score (nSPS) is 10.0. The number of methoxy groups -OCH3 is 1. The summed E-state index contributed by atoms with van der Waals surface area (Å²) in [5.74, 6) is -2.20. The van der Waals surface area contributed by atoms with Crippen LogP contribution in [-0.2, 0) is 19.1 Å². The van der Waals surface area contributed by atoms with E-state index >= 15 is 0 Å². The molecule has 0 aliphatic rings. The van der Waals surface area contributed by atoms with Gasteiger partial charge in [0.15, 0.2) is 6.61 Å². The Kier molecular flexibility index (Phi) is 9.11. The molecular weight excluding hydrogens is 449 g/mol. The summed E-state index contributed by atoms with van der Waals surface area (Å²) in [6.45, 7) is -0.634. The lowest BCUT2D eigenvalue weighted by molar-refractivity contribution is -0.149. The monoisotopic (exact) mass is 467 g/mol. The zero-order valence-electron chi connectivity index (χ0n) is 16.4. The second-order valence-electron chi connectivity index (χ2n) is 6.04. The largest absolute Gasteiger partial charge is 0.495 e. The summed E-state index contributed by atoms with van der Waals surface area (Å²) in [4.78, 5) is 47.4. The second kappa shape index (κ2) is 11.8. The minimum atomic E-state index is -0.763. The molecule has 0 saturated heterocycles. The van der Waals surface area contributed by atoms with Crippen molar-refractivity contribution < 1.29 is 28.7 Å². The maximum Gasteiger partial charge on any atom is 0.306 e. The maximum atomic E-state index is 12.0. The van der Waals surface area contributed by atoms with Gasteiger partial charge in [-0.1, -0.05) is 35.3 Å². The maximum absolute atomic E-state index is 12.0. The molecule has 3 N–H and O–H groups in total. The predicted octanol–water partition coefficient (Wildman–Crippen LogP) is 2.73. The number of ether oxygens (including phenoxy) is 2. The number of hydrogen-bond acceptors (Lipinski definition) is 6. The number of esters is 1. The lowest BCUT2D eigenvalue weighted by Crippen LogP contribution is -2.43. The van der Waals surface area contributed by atoms with Crippen LogP contribution in [-0.4, -0.2) is 37.4 Å². The Labute approximate surface area is 188 Å². The van der Waals surface area contributed by atoms with Crippen LogP contribution in [0, 0.1) is 0 Å². The number of benzene rings is 2. The fraction of sp³-hybridized carbons (Fsp3) is 0.200. The summed E-state index contributed by atoms with van der Waals surface area (Å²) < 4.78 is 9.90. The zero-order valence-corrected chi connectivity index (χ0v) is 17.9. The van der Waals surface area contributed by atoms with Crippen LogP contribution < -0.4 is 20.9 Å². The molecule has 164 valence electrons. The average Bonchev–Trinajstić information content (AvgIpc) is 2.75. The van der Waals surface area contributed by atoms with Crippen LogP contribution in [0.5, 0.6) is 5.75 Å². The summed E-state index contributed by atoms with van der Waals surface area (Å²) in [6, 6.07) is 11.0. The van der Waals surface area contributed by atoms with Gasteiger partial charge in [-0.2, -0.15) is 0 Å². The molecule has 0 fully saturated rings. The van der Waals surface area contributed by atoms with E-state index in [-0.39, 0.29) is 23.4 Å². The summed E-state index contributed by atoms with van der Waals surface area (Å²) >= 11 is 11.8. The molecule has 2 rings (SSSR count). The summed E-state index contributed by atoms with van der Waals surface area (Å²) in [7, 11) is 1.44. The van der Waals surface area contributed by atoms with Crippen LogP contribution in [0.25, 0.3) is 0 Å². The quantitative estimate of drug-likeness (QED) is 0.405. The minimum Gasteiger partial charge on any atom is -0.495 e. The van der Waals surface area contributed by atoms with Gasteiger partial charge in [0.05, 0.1) is 29.8 Å². The number of carbonyl (C=O) groups is 4. The van der Waals surface area contributed by atoms with Crippen LogP contribution in [0.15, 0.2) is 42.5 Å². The van der Waals surface area contributed by atoms with E-state index in [1.54, 1.807) is 24.3 Å². The Hall–Kier alpha value is -3.30. The molecule has 0 heterocycles. The van der Waals surface area contributed by atoms with Crippen LogP contribution in [0.3, 0.4) is 0 Å². The molecule has 0 aromatic heterocycles. The van der Waals surface area contributed by atoms with Gasteiger partial charge in [-0.25, -0.2) is 0 Å². The highest BCUT2D eigenvalue weighted by molar-refractivity contribution is 6.33. The lowest BCUT2D eigenvalue weighted by atomic mass is 10.2. The number of nitrogens with one attached hydrogen (secondary N) is 3. The van der Waals surface area contributed by atoms with Crippen molar-refractivity contribution in [2.75, 3.05) is 19.0 Å². The number of halogens is 2. The third-order valence-electron chi connectivity index (χ3n) is 3.79. The van der Waals surface area contributed by atoms with Gasteiger partial charge < -0.3 is 14.8 Å². The highest BCUT2D eigenvalue weighted by Crippen LogP contribution is 2.27. The first-order chi connectivity index (χ1) is 14.8. The molecule has 0 saturated carbocycles. The molecule has 0 unspecified atom stereocenters. The van der Waals surface area contributed by atoms with Crippen molar-refractivity contribution in [1.82, 2.24) is 10.9 Å². The first-order valence-electron chi connectivity index (χ1n) is 8.93. The Morgan fingerprint density at radius 3 is 2.39 bits per heavy atom. The van der Waals surface area contributed by atoms with Crippen molar-refractivity contribution in [3.05, 3.63) is 58.1 Å². The molecule has 0 bridgehead atoms. The zero-order chi connectivity index (χ0) is 22.8. The minimum absolute atomic E-state index is 0.170. The molecule has 0 spiro atoms. The number of hydrogen-bond donors (Lipinski definition) is 3. The molecule has 0 aliphatic heterocycles. The highest BCUT2D eigenvalue weighted by Gasteiger charge is 2.14. The molecule has 9 nitrogen and oxygen atoms in total. The van der Waals surface area contributed by atoms with Gasteiger partial charge in [0.25, 0.3) is 11.8 Å². The molecule has 11 heteroatoms. The second-order valence-corrected chi connectivity index (χ2v) is 6.88. The molecular formula is C20H19Cl2N3O6. The first-order valence-corrected chi connectivity index (χ1v) is 9.68. The number of hydrazine groups is 1. The lowest BCUT2D eigenvalue weighted by Gasteiger charge is -2.11. The summed E-state index contributed by atoms with van der Waals surface area (Å²) in [5, 5.41) is 3.20. The first kappa shape index (κ1) is 24.0. The van der Waals surface area contributed by atoms with Gasteiger partial charge in [-0.05, 0) is 30.3 Å². The Balaban J connectivity index is 1.70. The van der Waals surface area contributed by atoms with E-state index < -0.39 is 30.3 Å². The van der Waals surface area contributed by atoms with Gasteiger partial charge in [-0.15, -0.1) is 0 Å². The van der Waals surface area contributed by atoms with E-state index in [2.05, 4.69) is 16.2 Å². The average molecular weight is 468 g/mol. The Morgan fingerprint density at radius 1 is 0.935 bits per heavy atom. The van der Waals surface area contributed by atoms with E-state index in [9.17, 15) is 19.2 Å². The molecule has 0 atom stereocenters. The molecule has 0 radical (unpaired) electrons. The third-order valence-corrected chi connectivity index (χ3v) is 4.35. The molecule has 3 amide bonds. The van der Waals surface area contributed by atoms with Crippen molar-refractivity contribution in [2.24, 2.45) is 0 Å². The topological polar surface area (TPSA) is 123 Å². The van der Waals surface area contributed by atoms with Gasteiger partial charge in [0.1, 0.15) is 5.75 Å². The van der Waals surface area contributed by atoms with Crippen LogP contribution in [0.1, 0.15) is 23.2 Å². The van der Waals surface area contributed by atoms with E-state index in [0.29, 0.717) is 16.5 Å². The molecule has 31 heavy (non-hydrogen) atoms. The van der Waals surface area contributed by atoms with Crippen LogP contribution >= 0.6 is 23.2 Å². The fourth-order valence-electron chi connectivity index (χ4n) is 2.30. The number of carbonyl (C=O) groups excluding carboxylic acids is 4. The molecule has 2 aromatic carbocycles. The van der Waals surface area contributed by atoms with Crippen molar-refractivity contribution in [3.8, 4) is 5.75 Å². The number of rotatable bonds is 8. The molecule has 2 aromatic rings. The fourth-order valence-corrected chi connectivity index (χ4v) is 2.69. The van der Waals surface area contributed by atoms with Crippen molar-refractivity contribution in [2.45, 2.75) is 12.8 Å². The van der Waals surface area contributed by atoms with E-state index in [4.69, 9.17) is 32.7 Å². The smallest absolute Gasteiger partial charge is 0.306 e. The summed E-state index contributed by atoms with van der Waals surface area (Å²) in [6.07, 6.45) is -0.437. The summed E-state index contributed by atoms with van der Waals surface area (Å²) in [5.41, 5.74) is 4.79. The van der Waals surface area contributed by atoms with Crippen LogP contribution in [0.2, 0.25) is 10.0 Å². The van der Waals surface area contributed by atoms with Gasteiger partial charge in [-0.3, -0.25) is 30.0 Å². The SMILES string of the molecule is COc1ccc(Cl)cc1NC(=O)CCC(=O)OCC(=O)NNC(=O)c1ccccc1Cl.